The molecule has 0 unspecified atom stereocenters. The van der Waals surface area contributed by atoms with Gasteiger partial charge in [0.25, 0.3) is 0 Å². The van der Waals surface area contributed by atoms with E-state index >= 15 is 0 Å². The van der Waals surface area contributed by atoms with Crippen LogP contribution in [0.15, 0.2) is 48.5 Å². The summed E-state index contributed by atoms with van der Waals surface area (Å²) >= 11 is 0. The van der Waals surface area contributed by atoms with Gasteiger partial charge in [-0.2, -0.15) is 0 Å². The van der Waals surface area contributed by atoms with Crippen LogP contribution in [0.2, 0.25) is 0 Å². The molecule has 0 spiro atoms. The Morgan fingerprint density at radius 1 is 1.05 bits per heavy atom. The first kappa shape index (κ1) is 14.6. The molecule has 2 aromatic carbocycles. The molecule has 0 radical (unpaired) electrons. The highest BCUT2D eigenvalue weighted by molar-refractivity contribution is 6.58. The lowest BCUT2D eigenvalue weighted by molar-refractivity contribution is 0.306. The molecule has 0 fully saturated rings. The third kappa shape index (κ3) is 3.86. The highest BCUT2D eigenvalue weighted by atomic mass is 16.5. The van der Waals surface area contributed by atoms with Crippen molar-refractivity contribution in [3.63, 3.8) is 0 Å². The fourth-order valence-electron chi connectivity index (χ4n) is 1.92. The maximum Gasteiger partial charge on any atom is 0.488 e. The van der Waals surface area contributed by atoms with E-state index < -0.39 is 7.12 Å². The summed E-state index contributed by atoms with van der Waals surface area (Å²) in [5.74, 6) is 1.33. The molecule has 4 heteroatoms. The van der Waals surface area contributed by atoms with Gasteiger partial charge in [0.15, 0.2) is 0 Å². The average Bonchev–Trinajstić information content (AvgIpc) is 2.46. The van der Waals surface area contributed by atoms with E-state index in [9.17, 15) is 0 Å². The molecule has 0 amide bonds. The lowest BCUT2D eigenvalue weighted by Gasteiger charge is -2.10. The third-order valence-electron chi connectivity index (χ3n) is 3.21. The van der Waals surface area contributed by atoms with Crippen molar-refractivity contribution in [3.05, 3.63) is 59.7 Å². The Kier molecular flexibility index (Phi) is 4.82. The van der Waals surface area contributed by atoms with Crippen molar-refractivity contribution >= 4 is 12.6 Å². The van der Waals surface area contributed by atoms with E-state index in [1.807, 2.05) is 24.3 Å². The molecule has 0 saturated heterocycles. The molecule has 2 aromatic rings. The zero-order chi connectivity index (χ0) is 14.5. The van der Waals surface area contributed by atoms with Gasteiger partial charge in [0.2, 0.25) is 0 Å². The van der Waals surface area contributed by atoms with Gasteiger partial charge < -0.3 is 14.8 Å². The summed E-state index contributed by atoms with van der Waals surface area (Å²) in [6.45, 7) is 4.76. The van der Waals surface area contributed by atoms with Crippen LogP contribution in [0.3, 0.4) is 0 Å². The van der Waals surface area contributed by atoms with Crippen LogP contribution in [0.5, 0.6) is 5.75 Å². The number of benzene rings is 2. The largest absolute Gasteiger partial charge is 0.489 e. The monoisotopic (exact) mass is 270 g/mol. The van der Waals surface area contributed by atoms with Crippen LogP contribution < -0.4 is 10.2 Å². The van der Waals surface area contributed by atoms with Gasteiger partial charge in [0, 0.05) is 0 Å². The van der Waals surface area contributed by atoms with E-state index in [1.54, 1.807) is 12.1 Å². The first-order chi connectivity index (χ1) is 9.56. The smallest absolute Gasteiger partial charge is 0.488 e. The minimum absolute atomic E-state index is 0.462. The summed E-state index contributed by atoms with van der Waals surface area (Å²) in [6.07, 6.45) is 0. The lowest BCUT2D eigenvalue weighted by Crippen LogP contribution is -2.29. The topological polar surface area (TPSA) is 49.7 Å². The van der Waals surface area contributed by atoms with Crippen LogP contribution in [0.1, 0.15) is 30.9 Å². The van der Waals surface area contributed by atoms with E-state index in [2.05, 4.69) is 26.0 Å². The van der Waals surface area contributed by atoms with E-state index in [4.69, 9.17) is 14.8 Å². The second-order valence-corrected chi connectivity index (χ2v) is 5.13. The van der Waals surface area contributed by atoms with Gasteiger partial charge in [-0.3, -0.25) is 0 Å². The second-order valence-electron chi connectivity index (χ2n) is 5.13. The van der Waals surface area contributed by atoms with E-state index in [-0.39, 0.29) is 0 Å². The van der Waals surface area contributed by atoms with Crippen molar-refractivity contribution in [2.24, 2.45) is 0 Å². The van der Waals surface area contributed by atoms with Crippen LogP contribution in [0.25, 0.3) is 0 Å². The summed E-state index contributed by atoms with van der Waals surface area (Å²) in [6, 6.07) is 15.1. The van der Waals surface area contributed by atoms with E-state index in [0.29, 0.717) is 18.0 Å². The lowest BCUT2D eigenvalue weighted by atomic mass is 9.80. The Morgan fingerprint density at radius 2 is 1.75 bits per heavy atom. The Bertz CT molecular complexity index is 550. The Labute approximate surface area is 120 Å². The summed E-state index contributed by atoms with van der Waals surface area (Å²) in [7, 11) is -1.42. The molecule has 0 aliphatic rings. The molecular formula is C16H19BO3. The van der Waals surface area contributed by atoms with Gasteiger partial charge in [0.05, 0.1) is 0 Å². The number of hydrogen-bond acceptors (Lipinski definition) is 3. The molecule has 2 rings (SSSR count). The van der Waals surface area contributed by atoms with Crippen molar-refractivity contribution in [3.8, 4) is 5.75 Å². The van der Waals surface area contributed by atoms with Crippen LogP contribution in [-0.4, -0.2) is 17.2 Å². The molecule has 0 aliphatic heterocycles. The fraction of sp³-hybridized carbons (Fsp3) is 0.250. The average molecular weight is 270 g/mol. The molecule has 0 saturated carbocycles. The Morgan fingerprint density at radius 3 is 2.35 bits per heavy atom. The summed E-state index contributed by atoms with van der Waals surface area (Å²) < 4.78 is 5.76. The summed E-state index contributed by atoms with van der Waals surface area (Å²) in [5, 5.41) is 18.1. The second kappa shape index (κ2) is 6.59. The van der Waals surface area contributed by atoms with Gasteiger partial charge in [-0.25, -0.2) is 0 Å². The predicted octanol–water partition coefficient (Wildman–Crippen LogP) is 2.07. The maximum atomic E-state index is 9.03. The molecule has 20 heavy (non-hydrogen) atoms. The number of ether oxygens (including phenoxy) is 1. The number of hydrogen-bond donors (Lipinski definition) is 2. The van der Waals surface area contributed by atoms with E-state index in [1.165, 1.54) is 5.56 Å². The molecule has 0 atom stereocenters. The molecule has 0 aromatic heterocycles. The molecular weight excluding hydrogens is 251 g/mol. The van der Waals surface area contributed by atoms with Gasteiger partial charge in [-0.1, -0.05) is 50.2 Å². The maximum absolute atomic E-state index is 9.03. The summed E-state index contributed by atoms with van der Waals surface area (Å²) in [5.41, 5.74) is 2.72. The van der Waals surface area contributed by atoms with Gasteiger partial charge in [-0.05, 0) is 34.6 Å². The van der Waals surface area contributed by atoms with Crippen molar-refractivity contribution in [1.82, 2.24) is 0 Å². The van der Waals surface area contributed by atoms with Gasteiger partial charge in [-0.15, -0.1) is 0 Å². The molecule has 0 aliphatic carbocycles. The number of rotatable bonds is 5. The highest BCUT2D eigenvalue weighted by Crippen LogP contribution is 2.20. The zero-order valence-corrected chi connectivity index (χ0v) is 11.8. The van der Waals surface area contributed by atoms with Crippen molar-refractivity contribution in [2.75, 3.05) is 0 Å². The van der Waals surface area contributed by atoms with Crippen LogP contribution in [0, 0.1) is 0 Å². The van der Waals surface area contributed by atoms with Gasteiger partial charge >= 0.3 is 7.12 Å². The molecule has 2 N–H and O–H groups in total. The molecule has 104 valence electrons. The summed E-state index contributed by atoms with van der Waals surface area (Å²) in [4.78, 5) is 0. The first-order valence-corrected chi connectivity index (χ1v) is 6.74. The van der Waals surface area contributed by atoms with Crippen molar-refractivity contribution in [1.29, 1.82) is 0 Å². The Balaban J connectivity index is 1.99. The predicted molar refractivity (Wildman–Crippen MR) is 81.1 cm³/mol. The van der Waals surface area contributed by atoms with Crippen LogP contribution >= 0.6 is 0 Å². The van der Waals surface area contributed by atoms with Crippen LogP contribution in [0.4, 0.5) is 0 Å². The molecule has 3 nitrogen and oxygen atoms in total. The SMILES string of the molecule is CC(C)c1cccc(OCc2ccc(B(O)O)cc2)c1. The first-order valence-electron chi connectivity index (χ1n) is 6.74. The standard InChI is InChI=1S/C16H19BO3/c1-12(2)14-4-3-5-16(10-14)20-11-13-6-8-15(9-7-13)17(18)19/h3-10,12,18-19H,11H2,1-2H3. The third-order valence-corrected chi connectivity index (χ3v) is 3.21. The normalized spacial score (nSPS) is 10.7. The van der Waals surface area contributed by atoms with E-state index in [0.717, 1.165) is 11.3 Å². The van der Waals surface area contributed by atoms with Crippen molar-refractivity contribution in [2.45, 2.75) is 26.4 Å². The Hall–Kier alpha value is -1.78. The van der Waals surface area contributed by atoms with Gasteiger partial charge in [0.1, 0.15) is 12.4 Å². The molecule has 0 bridgehead atoms. The van der Waals surface area contributed by atoms with Crippen molar-refractivity contribution < 1.29 is 14.8 Å². The zero-order valence-electron chi connectivity index (χ0n) is 11.8. The minimum Gasteiger partial charge on any atom is -0.489 e. The minimum atomic E-state index is -1.42. The fourth-order valence-corrected chi connectivity index (χ4v) is 1.92. The molecule has 0 heterocycles. The highest BCUT2D eigenvalue weighted by Gasteiger charge is 2.09. The van der Waals surface area contributed by atoms with Crippen LogP contribution in [-0.2, 0) is 6.61 Å². The quantitative estimate of drug-likeness (QED) is 0.818.